The molecule has 0 atom stereocenters. The van der Waals surface area contributed by atoms with E-state index in [9.17, 15) is 0 Å². The molecule has 7 nitrogen and oxygen atoms in total. The molecule has 0 bridgehead atoms. The molecule has 0 saturated carbocycles. The number of hydrogen-bond donors (Lipinski definition) is 0. The molecule has 3 aromatic heterocycles. The van der Waals surface area contributed by atoms with Crippen LogP contribution in [0.15, 0.2) is 89.0 Å². The van der Waals surface area contributed by atoms with Crippen LogP contribution in [0.4, 0.5) is 0 Å². The molecule has 7 heteroatoms. The standard InChI is InChI=1S/C20H14N6O/c1-2-7-17(8-3-1)26-12-16(11-23-25-13-21-22-14-25)20(24-26)19-10-15-6-4-5-9-18(15)27-19/h1-14H/b23-11-. The van der Waals surface area contributed by atoms with Crippen molar-refractivity contribution in [1.82, 2.24) is 24.7 Å². The average molecular weight is 354 g/mol. The lowest BCUT2D eigenvalue weighted by Gasteiger charge is -1.98. The van der Waals surface area contributed by atoms with E-state index in [-0.39, 0.29) is 0 Å². The van der Waals surface area contributed by atoms with E-state index in [1.165, 1.54) is 17.3 Å². The zero-order chi connectivity index (χ0) is 18.1. The Hall–Kier alpha value is -4.00. The van der Waals surface area contributed by atoms with Crippen molar-refractivity contribution < 1.29 is 4.42 Å². The second kappa shape index (κ2) is 6.38. The second-order valence-corrected chi connectivity index (χ2v) is 5.95. The lowest BCUT2D eigenvalue weighted by Crippen LogP contribution is -1.93. The molecule has 0 aliphatic carbocycles. The van der Waals surface area contributed by atoms with Gasteiger partial charge < -0.3 is 4.42 Å². The first kappa shape index (κ1) is 15.3. The summed E-state index contributed by atoms with van der Waals surface area (Å²) in [6, 6.07) is 19.8. The van der Waals surface area contributed by atoms with Crippen LogP contribution in [0.25, 0.3) is 28.1 Å². The Balaban J connectivity index is 1.64. The molecule has 5 aromatic rings. The number of para-hydroxylation sites is 2. The maximum atomic E-state index is 6.01. The van der Waals surface area contributed by atoms with Crippen LogP contribution in [-0.4, -0.2) is 30.9 Å². The highest BCUT2D eigenvalue weighted by Crippen LogP contribution is 2.29. The van der Waals surface area contributed by atoms with E-state index in [2.05, 4.69) is 15.3 Å². The smallest absolute Gasteiger partial charge is 0.156 e. The monoisotopic (exact) mass is 354 g/mol. The van der Waals surface area contributed by atoms with Gasteiger partial charge in [-0.2, -0.15) is 10.2 Å². The first-order valence-electron chi connectivity index (χ1n) is 8.40. The van der Waals surface area contributed by atoms with Crippen molar-refractivity contribution in [3.8, 4) is 17.1 Å². The van der Waals surface area contributed by atoms with Crippen LogP contribution < -0.4 is 0 Å². The summed E-state index contributed by atoms with van der Waals surface area (Å²) in [5.74, 6) is 0.691. The van der Waals surface area contributed by atoms with Crippen LogP contribution in [0.1, 0.15) is 5.56 Å². The molecule has 2 aromatic carbocycles. The predicted molar refractivity (Wildman–Crippen MR) is 102 cm³/mol. The number of furan rings is 1. The van der Waals surface area contributed by atoms with Crippen LogP contribution >= 0.6 is 0 Å². The van der Waals surface area contributed by atoms with Gasteiger partial charge >= 0.3 is 0 Å². The van der Waals surface area contributed by atoms with Crippen molar-refractivity contribution in [1.29, 1.82) is 0 Å². The molecule has 0 radical (unpaired) electrons. The van der Waals surface area contributed by atoms with Gasteiger partial charge in [0.05, 0.1) is 11.9 Å². The molecule has 130 valence electrons. The van der Waals surface area contributed by atoms with Gasteiger partial charge in [-0.25, -0.2) is 9.36 Å². The second-order valence-electron chi connectivity index (χ2n) is 5.95. The molecular weight excluding hydrogens is 340 g/mol. The quantitative estimate of drug-likeness (QED) is 0.461. The third kappa shape index (κ3) is 2.91. The van der Waals surface area contributed by atoms with Gasteiger partial charge in [0.25, 0.3) is 0 Å². The van der Waals surface area contributed by atoms with E-state index in [0.717, 1.165) is 22.2 Å². The molecule has 0 N–H and O–H groups in total. The molecule has 0 spiro atoms. The average Bonchev–Trinajstić information content (AvgIpc) is 3.45. The van der Waals surface area contributed by atoms with E-state index in [4.69, 9.17) is 9.52 Å². The predicted octanol–water partition coefficient (Wildman–Crippen LogP) is 3.76. The third-order valence-electron chi connectivity index (χ3n) is 4.16. The number of nitrogens with zero attached hydrogens (tertiary/aromatic N) is 6. The van der Waals surface area contributed by atoms with Crippen molar-refractivity contribution in [2.75, 3.05) is 0 Å². The van der Waals surface area contributed by atoms with Crippen molar-refractivity contribution in [2.24, 2.45) is 5.10 Å². The van der Waals surface area contributed by atoms with Gasteiger partial charge in [0.15, 0.2) is 5.76 Å². The van der Waals surface area contributed by atoms with Crippen LogP contribution in [0, 0.1) is 0 Å². The lowest BCUT2D eigenvalue weighted by atomic mass is 10.2. The summed E-state index contributed by atoms with van der Waals surface area (Å²) in [5.41, 5.74) is 3.32. The van der Waals surface area contributed by atoms with Crippen LogP contribution in [-0.2, 0) is 0 Å². The fourth-order valence-corrected chi connectivity index (χ4v) is 2.87. The Labute approximate surface area is 154 Å². The van der Waals surface area contributed by atoms with Crippen molar-refractivity contribution >= 4 is 17.2 Å². The van der Waals surface area contributed by atoms with Gasteiger partial charge in [-0.15, -0.1) is 10.2 Å². The van der Waals surface area contributed by atoms with Gasteiger partial charge in [0, 0.05) is 17.1 Å². The summed E-state index contributed by atoms with van der Waals surface area (Å²) in [7, 11) is 0. The van der Waals surface area contributed by atoms with Gasteiger partial charge in [-0.3, -0.25) is 0 Å². The molecule has 0 aliphatic rings. The zero-order valence-corrected chi connectivity index (χ0v) is 14.2. The SMILES string of the molecule is C(=N/n1cnnc1)/c1cn(-c2ccccc2)nc1-c1cc2ccccc2o1. The highest BCUT2D eigenvalue weighted by Gasteiger charge is 2.15. The summed E-state index contributed by atoms with van der Waals surface area (Å²) >= 11 is 0. The minimum atomic E-state index is 0.691. The largest absolute Gasteiger partial charge is 0.454 e. The summed E-state index contributed by atoms with van der Waals surface area (Å²) in [6.45, 7) is 0. The lowest BCUT2D eigenvalue weighted by molar-refractivity contribution is 0.627. The molecule has 27 heavy (non-hydrogen) atoms. The zero-order valence-electron chi connectivity index (χ0n) is 14.2. The van der Waals surface area contributed by atoms with Crippen molar-refractivity contribution in [3.05, 3.63) is 85.1 Å². The van der Waals surface area contributed by atoms with Crippen molar-refractivity contribution in [2.45, 2.75) is 0 Å². The highest BCUT2D eigenvalue weighted by molar-refractivity contribution is 5.90. The number of hydrogen-bond acceptors (Lipinski definition) is 5. The summed E-state index contributed by atoms with van der Waals surface area (Å²) in [5, 5.41) is 17.6. The van der Waals surface area contributed by atoms with Crippen LogP contribution in [0.2, 0.25) is 0 Å². The number of fused-ring (bicyclic) bond motifs is 1. The van der Waals surface area contributed by atoms with Gasteiger partial charge in [-0.1, -0.05) is 36.4 Å². The van der Waals surface area contributed by atoms with E-state index < -0.39 is 0 Å². The number of rotatable bonds is 4. The van der Waals surface area contributed by atoms with Crippen molar-refractivity contribution in [3.63, 3.8) is 0 Å². The molecule has 0 saturated heterocycles. The number of benzene rings is 2. The van der Waals surface area contributed by atoms with E-state index in [1.54, 1.807) is 6.21 Å². The Bertz CT molecular complexity index is 1190. The molecule has 3 heterocycles. The Morgan fingerprint density at radius 1 is 0.926 bits per heavy atom. The van der Waals surface area contributed by atoms with Crippen LogP contribution in [0.5, 0.6) is 0 Å². The normalized spacial score (nSPS) is 11.6. The molecular formula is C20H14N6O. The minimum Gasteiger partial charge on any atom is -0.454 e. The summed E-state index contributed by atoms with van der Waals surface area (Å²) in [6.07, 6.45) is 6.70. The fourth-order valence-electron chi connectivity index (χ4n) is 2.87. The minimum absolute atomic E-state index is 0.691. The highest BCUT2D eigenvalue weighted by atomic mass is 16.3. The summed E-state index contributed by atoms with van der Waals surface area (Å²) in [4.78, 5) is 0. The fraction of sp³-hybridized carbons (Fsp3) is 0. The van der Waals surface area contributed by atoms with Gasteiger partial charge in [0.2, 0.25) is 0 Å². The Kier molecular flexibility index (Phi) is 3.61. The first-order chi connectivity index (χ1) is 13.4. The Morgan fingerprint density at radius 2 is 1.70 bits per heavy atom. The van der Waals surface area contributed by atoms with E-state index in [0.29, 0.717) is 11.5 Å². The van der Waals surface area contributed by atoms with E-state index in [1.807, 2.05) is 71.5 Å². The number of aromatic nitrogens is 5. The molecule has 0 fully saturated rings. The maximum absolute atomic E-state index is 6.01. The molecule has 0 unspecified atom stereocenters. The van der Waals surface area contributed by atoms with E-state index >= 15 is 0 Å². The summed E-state index contributed by atoms with van der Waals surface area (Å²) < 4.78 is 9.36. The van der Waals surface area contributed by atoms with Crippen LogP contribution in [0.3, 0.4) is 0 Å². The topological polar surface area (TPSA) is 74.0 Å². The molecule has 5 rings (SSSR count). The third-order valence-corrected chi connectivity index (χ3v) is 4.16. The first-order valence-corrected chi connectivity index (χ1v) is 8.40. The Morgan fingerprint density at radius 3 is 2.52 bits per heavy atom. The molecule has 0 aliphatic heterocycles. The maximum Gasteiger partial charge on any atom is 0.156 e. The molecule has 0 amide bonds. The van der Waals surface area contributed by atoms with Gasteiger partial charge in [0.1, 0.15) is 23.9 Å². The van der Waals surface area contributed by atoms with Gasteiger partial charge in [-0.05, 0) is 24.3 Å².